The number of β-amino-alcohol motifs (C(OH)–C–C–N with tert-alkyl or cyclic N) is 1. The van der Waals surface area contributed by atoms with Gasteiger partial charge in [0, 0.05) is 19.0 Å². The standard InChI is InChI=1S/C13H13F2N3O2/c1-7-16-17-13(20-7)18-6-9(19)5-12(18)10-4-8(14)2-3-11(10)15/h2-4,9,12,19H,5-6H2,1H3/t9-,12-/m0/s1. The van der Waals surface area contributed by atoms with E-state index in [1.165, 1.54) is 0 Å². The molecule has 7 heteroatoms. The zero-order valence-corrected chi connectivity index (χ0v) is 10.8. The van der Waals surface area contributed by atoms with Gasteiger partial charge in [0.25, 0.3) is 0 Å². The molecule has 0 saturated carbocycles. The Balaban J connectivity index is 2.00. The summed E-state index contributed by atoms with van der Waals surface area (Å²) in [7, 11) is 0. The molecule has 0 unspecified atom stereocenters. The molecule has 1 aromatic carbocycles. The van der Waals surface area contributed by atoms with E-state index in [9.17, 15) is 13.9 Å². The average Bonchev–Trinajstić information content (AvgIpc) is 2.98. The SMILES string of the molecule is Cc1nnc(N2C[C@@H](O)C[C@H]2c2cc(F)ccc2F)o1. The van der Waals surface area contributed by atoms with Crippen LogP contribution in [0.25, 0.3) is 0 Å². The fourth-order valence-corrected chi connectivity index (χ4v) is 2.49. The van der Waals surface area contributed by atoms with Crippen molar-refractivity contribution >= 4 is 6.01 Å². The highest BCUT2D eigenvalue weighted by Crippen LogP contribution is 2.36. The molecule has 1 N–H and O–H groups in total. The van der Waals surface area contributed by atoms with E-state index in [0.29, 0.717) is 5.89 Å². The number of hydrogen-bond donors (Lipinski definition) is 1. The molecule has 0 radical (unpaired) electrons. The lowest BCUT2D eigenvalue weighted by atomic mass is 10.0. The third-order valence-corrected chi connectivity index (χ3v) is 3.36. The largest absolute Gasteiger partial charge is 0.408 e. The maximum atomic E-state index is 13.9. The summed E-state index contributed by atoms with van der Waals surface area (Å²) in [5, 5.41) is 17.4. The maximum Gasteiger partial charge on any atom is 0.318 e. The number of aryl methyl sites for hydroxylation is 1. The zero-order chi connectivity index (χ0) is 14.3. The predicted octanol–water partition coefficient (Wildman–Crippen LogP) is 1.97. The first kappa shape index (κ1) is 13.0. The van der Waals surface area contributed by atoms with E-state index in [1.54, 1.807) is 11.8 Å². The molecule has 1 saturated heterocycles. The van der Waals surface area contributed by atoms with Crippen molar-refractivity contribution in [2.45, 2.75) is 25.5 Å². The van der Waals surface area contributed by atoms with E-state index in [4.69, 9.17) is 4.42 Å². The molecule has 20 heavy (non-hydrogen) atoms. The number of anilines is 1. The molecule has 2 aromatic rings. The van der Waals surface area contributed by atoms with Crippen LogP contribution in [-0.2, 0) is 0 Å². The third-order valence-electron chi connectivity index (χ3n) is 3.36. The molecule has 3 rings (SSSR count). The van der Waals surface area contributed by atoms with E-state index in [2.05, 4.69) is 10.2 Å². The van der Waals surface area contributed by atoms with E-state index < -0.39 is 23.8 Å². The second-order valence-corrected chi connectivity index (χ2v) is 4.83. The minimum atomic E-state index is -0.658. The van der Waals surface area contributed by atoms with Crippen molar-refractivity contribution in [1.82, 2.24) is 10.2 Å². The average molecular weight is 281 g/mol. The molecule has 1 aromatic heterocycles. The maximum absolute atomic E-state index is 13.9. The van der Waals surface area contributed by atoms with Gasteiger partial charge >= 0.3 is 6.01 Å². The first-order valence-electron chi connectivity index (χ1n) is 6.24. The molecular formula is C13H13F2N3O2. The summed E-state index contributed by atoms with van der Waals surface area (Å²) in [6.07, 6.45) is -0.378. The second kappa shape index (κ2) is 4.82. The molecule has 106 valence electrons. The molecule has 0 amide bonds. The van der Waals surface area contributed by atoms with E-state index in [1.807, 2.05) is 0 Å². The summed E-state index contributed by atoms with van der Waals surface area (Å²) < 4.78 is 32.5. The van der Waals surface area contributed by atoms with E-state index in [0.717, 1.165) is 18.2 Å². The number of nitrogens with zero attached hydrogens (tertiary/aromatic N) is 3. The van der Waals surface area contributed by atoms with Crippen molar-refractivity contribution in [3.63, 3.8) is 0 Å². The minimum Gasteiger partial charge on any atom is -0.408 e. The van der Waals surface area contributed by atoms with Gasteiger partial charge in [-0.25, -0.2) is 8.78 Å². The van der Waals surface area contributed by atoms with Crippen LogP contribution in [0.4, 0.5) is 14.8 Å². The lowest BCUT2D eigenvalue weighted by Crippen LogP contribution is -2.25. The summed E-state index contributed by atoms with van der Waals surface area (Å²) in [5.41, 5.74) is 0.178. The summed E-state index contributed by atoms with van der Waals surface area (Å²) in [6.45, 7) is 1.88. The monoisotopic (exact) mass is 281 g/mol. The number of aliphatic hydroxyl groups excluding tert-OH is 1. The van der Waals surface area contributed by atoms with Gasteiger partial charge in [-0.15, -0.1) is 5.10 Å². The molecular weight excluding hydrogens is 268 g/mol. The number of hydrogen-bond acceptors (Lipinski definition) is 5. The van der Waals surface area contributed by atoms with Crippen LogP contribution in [0.2, 0.25) is 0 Å². The van der Waals surface area contributed by atoms with Gasteiger partial charge in [0.15, 0.2) is 0 Å². The van der Waals surface area contributed by atoms with Gasteiger partial charge in [-0.05, 0) is 24.6 Å². The van der Waals surface area contributed by atoms with E-state index in [-0.39, 0.29) is 24.5 Å². The number of benzene rings is 1. The zero-order valence-electron chi connectivity index (χ0n) is 10.8. The first-order valence-corrected chi connectivity index (χ1v) is 6.24. The van der Waals surface area contributed by atoms with Crippen LogP contribution in [0.5, 0.6) is 0 Å². The Morgan fingerprint density at radius 3 is 2.85 bits per heavy atom. The van der Waals surface area contributed by atoms with Crippen LogP contribution in [0.1, 0.15) is 23.9 Å². The van der Waals surface area contributed by atoms with Crippen LogP contribution >= 0.6 is 0 Å². The van der Waals surface area contributed by atoms with Gasteiger partial charge in [-0.2, -0.15) is 0 Å². The highest BCUT2D eigenvalue weighted by Gasteiger charge is 2.36. The Labute approximate surface area is 113 Å². The fraction of sp³-hybridized carbons (Fsp3) is 0.385. The van der Waals surface area contributed by atoms with Crippen LogP contribution in [-0.4, -0.2) is 28.0 Å². The first-order chi connectivity index (χ1) is 9.54. The Bertz CT molecular complexity index is 632. The van der Waals surface area contributed by atoms with Crippen LogP contribution in [0.3, 0.4) is 0 Å². The molecule has 1 fully saturated rings. The minimum absolute atomic E-state index is 0.178. The van der Waals surface area contributed by atoms with Gasteiger partial charge < -0.3 is 14.4 Å². The molecule has 0 spiro atoms. The van der Waals surface area contributed by atoms with Gasteiger partial charge in [0.1, 0.15) is 11.6 Å². The van der Waals surface area contributed by atoms with Crippen LogP contribution in [0, 0.1) is 18.6 Å². The van der Waals surface area contributed by atoms with Crippen LogP contribution in [0.15, 0.2) is 22.6 Å². The quantitative estimate of drug-likeness (QED) is 0.911. The van der Waals surface area contributed by atoms with Crippen LogP contribution < -0.4 is 4.90 Å². The molecule has 2 atom stereocenters. The molecule has 0 bridgehead atoms. The normalized spacial score (nSPS) is 22.5. The lowest BCUT2D eigenvalue weighted by Gasteiger charge is -2.22. The van der Waals surface area contributed by atoms with Crippen molar-refractivity contribution in [3.8, 4) is 0 Å². The summed E-state index contributed by atoms with van der Waals surface area (Å²) >= 11 is 0. The molecule has 1 aliphatic heterocycles. The van der Waals surface area contributed by atoms with Gasteiger partial charge in [0.05, 0.1) is 12.1 Å². The highest BCUT2D eigenvalue weighted by molar-refractivity contribution is 5.37. The summed E-state index contributed by atoms with van der Waals surface area (Å²) in [5.74, 6) is -0.670. The van der Waals surface area contributed by atoms with Crippen molar-refractivity contribution in [3.05, 3.63) is 41.3 Å². The Kier molecular flexibility index (Phi) is 3.13. The van der Waals surface area contributed by atoms with E-state index >= 15 is 0 Å². The molecule has 2 heterocycles. The number of halogens is 2. The number of aromatic nitrogens is 2. The van der Waals surface area contributed by atoms with Crippen molar-refractivity contribution in [1.29, 1.82) is 0 Å². The summed E-state index contributed by atoms with van der Waals surface area (Å²) in [4.78, 5) is 1.60. The van der Waals surface area contributed by atoms with Gasteiger partial charge in [0.2, 0.25) is 5.89 Å². The van der Waals surface area contributed by atoms with Gasteiger partial charge in [-0.3, -0.25) is 0 Å². The number of aliphatic hydroxyl groups is 1. The smallest absolute Gasteiger partial charge is 0.318 e. The second-order valence-electron chi connectivity index (χ2n) is 4.83. The molecule has 0 aliphatic carbocycles. The van der Waals surface area contributed by atoms with Crippen molar-refractivity contribution in [2.24, 2.45) is 0 Å². The van der Waals surface area contributed by atoms with Crippen molar-refractivity contribution < 1.29 is 18.3 Å². The Morgan fingerprint density at radius 2 is 2.15 bits per heavy atom. The topological polar surface area (TPSA) is 62.4 Å². The predicted molar refractivity (Wildman–Crippen MR) is 66.1 cm³/mol. The third kappa shape index (κ3) is 2.24. The van der Waals surface area contributed by atoms with Gasteiger partial charge in [-0.1, -0.05) is 5.10 Å². The number of rotatable bonds is 2. The fourth-order valence-electron chi connectivity index (χ4n) is 2.49. The molecule has 5 nitrogen and oxygen atoms in total. The van der Waals surface area contributed by atoms with Crippen molar-refractivity contribution in [2.75, 3.05) is 11.4 Å². The Morgan fingerprint density at radius 1 is 1.35 bits per heavy atom. The lowest BCUT2D eigenvalue weighted by molar-refractivity contribution is 0.194. The summed E-state index contributed by atoms with van der Waals surface area (Å²) in [6, 6.07) is 2.94. The molecule has 1 aliphatic rings. The highest BCUT2D eigenvalue weighted by atomic mass is 19.1. The Hall–Kier alpha value is -2.02.